The number of alkyl halides is 1. The second-order valence-electron chi connectivity index (χ2n) is 4.44. The van der Waals surface area contributed by atoms with Gasteiger partial charge in [-0.05, 0) is 30.5 Å². The summed E-state index contributed by atoms with van der Waals surface area (Å²) in [5.41, 5.74) is 1.07. The van der Waals surface area contributed by atoms with Gasteiger partial charge in [0.1, 0.15) is 5.75 Å². The minimum absolute atomic E-state index is 0.0267. The Morgan fingerprint density at radius 2 is 1.94 bits per heavy atom. The van der Waals surface area contributed by atoms with Gasteiger partial charge in [0.15, 0.2) is 0 Å². The number of halogens is 1. The lowest BCUT2D eigenvalue weighted by molar-refractivity contribution is -0.121. The first-order chi connectivity index (χ1) is 8.54. The fourth-order valence-electron chi connectivity index (χ4n) is 1.46. The van der Waals surface area contributed by atoms with Gasteiger partial charge in [-0.15, -0.1) is 0 Å². The average Bonchev–Trinajstić information content (AvgIpc) is 2.37. The van der Waals surface area contributed by atoms with E-state index < -0.39 is 0 Å². The number of hydrogen-bond acceptors (Lipinski definition) is 2. The molecule has 0 saturated carbocycles. The predicted octanol–water partition coefficient (Wildman–Crippen LogP) is 3.12. The van der Waals surface area contributed by atoms with Gasteiger partial charge >= 0.3 is 0 Å². The highest BCUT2D eigenvalue weighted by Crippen LogP contribution is 2.14. The lowest BCUT2D eigenvalue weighted by atomic mass is 10.1. The molecule has 1 aromatic carbocycles. The zero-order valence-electron chi connectivity index (χ0n) is 11.1. The van der Waals surface area contributed by atoms with Crippen molar-refractivity contribution in [1.29, 1.82) is 0 Å². The standard InChI is InChI=1S/C14H20BrNO2/c1-4-18-12-7-5-11(6-8-12)9-16-14(17)13(15)10(2)3/h5-8,10,13H,4,9H2,1-3H3,(H,16,17). The van der Waals surface area contributed by atoms with Gasteiger partial charge in [-0.1, -0.05) is 41.9 Å². The third-order valence-corrected chi connectivity index (χ3v) is 4.01. The van der Waals surface area contributed by atoms with E-state index in [0.717, 1.165) is 11.3 Å². The Labute approximate surface area is 117 Å². The number of ether oxygens (including phenoxy) is 1. The summed E-state index contributed by atoms with van der Waals surface area (Å²) in [5, 5.41) is 2.90. The summed E-state index contributed by atoms with van der Waals surface area (Å²) in [6, 6.07) is 7.76. The van der Waals surface area contributed by atoms with E-state index in [1.165, 1.54) is 0 Å². The maximum atomic E-state index is 11.7. The molecule has 0 fully saturated rings. The van der Waals surface area contributed by atoms with Crippen LogP contribution in [0.15, 0.2) is 24.3 Å². The summed E-state index contributed by atoms with van der Waals surface area (Å²) in [6.07, 6.45) is 0. The Hall–Kier alpha value is -1.03. The quantitative estimate of drug-likeness (QED) is 0.819. The fraction of sp³-hybridized carbons (Fsp3) is 0.500. The minimum atomic E-state index is -0.139. The van der Waals surface area contributed by atoms with Crippen molar-refractivity contribution >= 4 is 21.8 Å². The number of carbonyl (C=O) groups excluding carboxylic acids is 1. The molecule has 0 spiro atoms. The van der Waals surface area contributed by atoms with Gasteiger partial charge in [-0.25, -0.2) is 0 Å². The average molecular weight is 314 g/mol. The zero-order valence-corrected chi connectivity index (χ0v) is 12.7. The van der Waals surface area contributed by atoms with E-state index in [-0.39, 0.29) is 16.7 Å². The van der Waals surface area contributed by atoms with E-state index in [4.69, 9.17) is 4.74 Å². The third kappa shape index (κ3) is 4.69. The van der Waals surface area contributed by atoms with Crippen LogP contribution in [0.4, 0.5) is 0 Å². The normalized spacial score (nSPS) is 12.3. The molecule has 0 aromatic heterocycles. The Balaban J connectivity index is 2.46. The smallest absolute Gasteiger partial charge is 0.234 e. The topological polar surface area (TPSA) is 38.3 Å². The molecule has 1 unspecified atom stereocenters. The number of hydrogen-bond donors (Lipinski definition) is 1. The third-order valence-electron chi connectivity index (χ3n) is 2.54. The summed E-state index contributed by atoms with van der Waals surface area (Å²) in [6.45, 7) is 7.18. The van der Waals surface area contributed by atoms with Crippen LogP contribution < -0.4 is 10.1 Å². The first kappa shape index (κ1) is 15.0. The van der Waals surface area contributed by atoms with Crippen LogP contribution in [0.1, 0.15) is 26.3 Å². The van der Waals surface area contributed by atoms with Crippen LogP contribution in [0.25, 0.3) is 0 Å². The largest absolute Gasteiger partial charge is 0.494 e. The van der Waals surface area contributed by atoms with Gasteiger partial charge in [0, 0.05) is 6.54 Å². The molecule has 1 atom stereocenters. The van der Waals surface area contributed by atoms with Crippen LogP contribution >= 0.6 is 15.9 Å². The Bertz CT molecular complexity index is 376. The van der Waals surface area contributed by atoms with Gasteiger partial charge in [0.05, 0.1) is 11.4 Å². The van der Waals surface area contributed by atoms with E-state index in [1.54, 1.807) is 0 Å². The summed E-state index contributed by atoms with van der Waals surface area (Å²) >= 11 is 3.38. The van der Waals surface area contributed by atoms with Crippen molar-refractivity contribution in [3.63, 3.8) is 0 Å². The Kier molecular flexibility index (Phi) is 6.19. The molecule has 1 N–H and O–H groups in total. The molecule has 1 aromatic rings. The maximum absolute atomic E-state index is 11.7. The fourth-order valence-corrected chi connectivity index (χ4v) is 1.62. The van der Waals surface area contributed by atoms with Gasteiger partial charge in [0.25, 0.3) is 0 Å². The zero-order chi connectivity index (χ0) is 13.5. The molecule has 0 saturated heterocycles. The minimum Gasteiger partial charge on any atom is -0.494 e. The molecule has 1 amide bonds. The van der Waals surface area contributed by atoms with Crippen molar-refractivity contribution in [3.8, 4) is 5.75 Å². The molecule has 100 valence electrons. The van der Waals surface area contributed by atoms with Crippen LogP contribution in [0.5, 0.6) is 5.75 Å². The van der Waals surface area contributed by atoms with E-state index in [0.29, 0.717) is 13.2 Å². The lowest BCUT2D eigenvalue weighted by Crippen LogP contribution is -2.33. The first-order valence-electron chi connectivity index (χ1n) is 6.18. The molecule has 0 heterocycles. The Morgan fingerprint density at radius 1 is 1.33 bits per heavy atom. The van der Waals surface area contributed by atoms with E-state index in [2.05, 4.69) is 21.2 Å². The number of benzene rings is 1. The molecule has 1 rings (SSSR count). The van der Waals surface area contributed by atoms with Gasteiger partial charge in [0.2, 0.25) is 5.91 Å². The SMILES string of the molecule is CCOc1ccc(CNC(=O)C(Br)C(C)C)cc1. The number of rotatable bonds is 6. The summed E-state index contributed by atoms with van der Waals surface area (Å²) in [4.78, 5) is 11.6. The summed E-state index contributed by atoms with van der Waals surface area (Å²) in [7, 11) is 0. The molecule has 0 aliphatic rings. The van der Waals surface area contributed by atoms with Crippen molar-refractivity contribution in [3.05, 3.63) is 29.8 Å². The van der Waals surface area contributed by atoms with Crippen molar-refractivity contribution in [2.45, 2.75) is 32.1 Å². The van der Waals surface area contributed by atoms with Crippen molar-refractivity contribution in [2.75, 3.05) is 6.61 Å². The number of carbonyl (C=O) groups is 1. The van der Waals surface area contributed by atoms with Gasteiger partial charge in [-0.2, -0.15) is 0 Å². The molecule has 18 heavy (non-hydrogen) atoms. The monoisotopic (exact) mass is 313 g/mol. The second kappa shape index (κ2) is 7.41. The highest BCUT2D eigenvalue weighted by molar-refractivity contribution is 9.10. The predicted molar refractivity (Wildman–Crippen MR) is 77.0 cm³/mol. The highest BCUT2D eigenvalue weighted by Gasteiger charge is 2.17. The second-order valence-corrected chi connectivity index (χ2v) is 5.43. The van der Waals surface area contributed by atoms with Gasteiger partial charge in [-0.3, -0.25) is 4.79 Å². The van der Waals surface area contributed by atoms with Crippen LogP contribution in [0, 0.1) is 5.92 Å². The van der Waals surface area contributed by atoms with Crippen LogP contribution in [0.3, 0.4) is 0 Å². The first-order valence-corrected chi connectivity index (χ1v) is 7.09. The number of amides is 1. The molecule has 0 bridgehead atoms. The molecule has 3 nitrogen and oxygen atoms in total. The molecule has 0 aliphatic heterocycles. The maximum Gasteiger partial charge on any atom is 0.234 e. The lowest BCUT2D eigenvalue weighted by Gasteiger charge is -2.13. The van der Waals surface area contributed by atoms with E-state index >= 15 is 0 Å². The molecule has 4 heteroatoms. The van der Waals surface area contributed by atoms with Crippen LogP contribution in [-0.4, -0.2) is 17.3 Å². The number of nitrogens with one attached hydrogen (secondary N) is 1. The summed E-state index contributed by atoms with van der Waals surface area (Å²) < 4.78 is 5.36. The Morgan fingerprint density at radius 3 is 2.44 bits per heavy atom. The van der Waals surface area contributed by atoms with E-state index in [1.807, 2.05) is 45.0 Å². The molecular weight excluding hydrogens is 294 g/mol. The molecule has 0 aliphatic carbocycles. The van der Waals surface area contributed by atoms with Crippen molar-refractivity contribution in [2.24, 2.45) is 5.92 Å². The van der Waals surface area contributed by atoms with Crippen LogP contribution in [-0.2, 0) is 11.3 Å². The molecule has 0 radical (unpaired) electrons. The summed E-state index contributed by atoms with van der Waals surface area (Å²) in [5.74, 6) is 1.16. The van der Waals surface area contributed by atoms with Gasteiger partial charge < -0.3 is 10.1 Å². The van der Waals surface area contributed by atoms with E-state index in [9.17, 15) is 4.79 Å². The molecular formula is C14H20BrNO2. The van der Waals surface area contributed by atoms with Crippen molar-refractivity contribution in [1.82, 2.24) is 5.32 Å². The van der Waals surface area contributed by atoms with Crippen LogP contribution in [0.2, 0.25) is 0 Å². The highest BCUT2D eigenvalue weighted by atomic mass is 79.9. The van der Waals surface area contributed by atoms with Crippen molar-refractivity contribution < 1.29 is 9.53 Å².